The Kier molecular flexibility index (Phi) is 6.62. The number of nitrogens with zero attached hydrogens (tertiary/aromatic N) is 4. The highest BCUT2D eigenvalue weighted by Gasteiger charge is 2.10. The standard InChI is InChI=1S/C20H31N5/c1-7-17-8-10-18(11-9-17)14-24(5)20(21-4)22-13-12-19-15(2)23-25(6)16(19)3/h8-11H,7,12-14H2,1-6H3,(H,21,22). The van der Waals surface area contributed by atoms with Crippen molar-refractivity contribution in [2.24, 2.45) is 12.0 Å². The van der Waals surface area contributed by atoms with Crippen LogP contribution in [0.2, 0.25) is 0 Å². The summed E-state index contributed by atoms with van der Waals surface area (Å²) < 4.78 is 1.95. The number of guanidine groups is 1. The summed E-state index contributed by atoms with van der Waals surface area (Å²) in [6, 6.07) is 8.80. The van der Waals surface area contributed by atoms with Crippen molar-refractivity contribution in [3.63, 3.8) is 0 Å². The Morgan fingerprint density at radius 3 is 2.36 bits per heavy atom. The molecule has 25 heavy (non-hydrogen) atoms. The SMILES string of the molecule is CCc1ccc(CN(C)C(=NC)NCCc2c(C)nn(C)c2C)cc1. The van der Waals surface area contributed by atoms with Crippen LogP contribution in [0.5, 0.6) is 0 Å². The van der Waals surface area contributed by atoms with E-state index in [9.17, 15) is 0 Å². The molecule has 0 aliphatic heterocycles. The molecule has 1 aromatic carbocycles. The molecule has 5 nitrogen and oxygen atoms in total. The molecular formula is C20H31N5. The van der Waals surface area contributed by atoms with Crippen molar-refractivity contribution in [2.45, 2.75) is 40.2 Å². The van der Waals surface area contributed by atoms with Gasteiger partial charge in [0.1, 0.15) is 0 Å². The summed E-state index contributed by atoms with van der Waals surface area (Å²) in [6.07, 6.45) is 2.02. The summed E-state index contributed by atoms with van der Waals surface area (Å²) in [6.45, 7) is 8.06. The van der Waals surface area contributed by atoms with Crippen LogP contribution in [0.15, 0.2) is 29.3 Å². The molecule has 1 N–H and O–H groups in total. The summed E-state index contributed by atoms with van der Waals surface area (Å²) in [7, 11) is 5.90. The molecule has 0 spiro atoms. The van der Waals surface area contributed by atoms with Crippen LogP contribution in [-0.2, 0) is 26.4 Å². The molecule has 1 heterocycles. The zero-order valence-electron chi connectivity index (χ0n) is 16.4. The summed E-state index contributed by atoms with van der Waals surface area (Å²) in [4.78, 5) is 6.57. The van der Waals surface area contributed by atoms with Gasteiger partial charge in [-0.25, -0.2) is 0 Å². The van der Waals surface area contributed by atoms with E-state index in [-0.39, 0.29) is 0 Å². The van der Waals surface area contributed by atoms with Crippen LogP contribution in [0.4, 0.5) is 0 Å². The largest absolute Gasteiger partial charge is 0.356 e. The second kappa shape index (κ2) is 8.70. The van der Waals surface area contributed by atoms with Crippen molar-refractivity contribution in [1.29, 1.82) is 0 Å². The van der Waals surface area contributed by atoms with Gasteiger partial charge in [0.05, 0.1) is 5.69 Å². The molecule has 0 radical (unpaired) electrons. The van der Waals surface area contributed by atoms with Crippen molar-refractivity contribution in [2.75, 3.05) is 20.6 Å². The van der Waals surface area contributed by atoms with Crippen LogP contribution in [0.25, 0.3) is 0 Å². The lowest BCUT2D eigenvalue weighted by Crippen LogP contribution is -2.39. The summed E-state index contributed by atoms with van der Waals surface area (Å²) in [5.41, 5.74) is 6.33. The molecule has 0 fully saturated rings. The number of benzene rings is 1. The molecule has 0 unspecified atom stereocenters. The Hall–Kier alpha value is -2.30. The number of aryl methyl sites for hydroxylation is 3. The lowest BCUT2D eigenvalue weighted by Gasteiger charge is -2.22. The van der Waals surface area contributed by atoms with Gasteiger partial charge in [-0.2, -0.15) is 5.10 Å². The summed E-state index contributed by atoms with van der Waals surface area (Å²) >= 11 is 0. The van der Waals surface area contributed by atoms with E-state index in [1.807, 2.05) is 18.8 Å². The molecule has 0 saturated carbocycles. The third-order valence-electron chi connectivity index (χ3n) is 4.74. The number of aromatic nitrogens is 2. The van der Waals surface area contributed by atoms with E-state index in [1.54, 1.807) is 0 Å². The zero-order chi connectivity index (χ0) is 18.4. The fourth-order valence-electron chi connectivity index (χ4n) is 3.09. The van der Waals surface area contributed by atoms with E-state index in [4.69, 9.17) is 0 Å². The van der Waals surface area contributed by atoms with E-state index in [2.05, 4.69) is 72.4 Å². The fourth-order valence-corrected chi connectivity index (χ4v) is 3.09. The Labute approximate surface area is 151 Å². The first kappa shape index (κ1) is 19.0. The summed E-state index contributed by atoms with van der Waals surface area (Å²) in [5.74, 6) is 0.916. The Bertz CT molecular complexity index is 712. The van der Waals surface area contributed by atoms with Crippen LogP contribution in [-0.4, -0.2) is 41.3 Å². The van der Waals surface area contributed by atoms with Crippen LogP contribution in [0.1, 0.15) is 35.0 Å². The number of hydrogen-bond acceptors (Lipinski definition) is 2. The van der Waals surface area contributed by atoms with Crippen LogP contribution in [0.3, 0.4) is 0 Å². The predicted molar refractivity (Wildman–Crippen MR) is 105 cm³/mol. The number of hydrogen-bond donors (Lipinski definition) is 1. The average molecular weight is 342 g/mol. The van der Waals surface area contributed by atoms with Crippen molar-refractivity contribution < 1.29 is 0 Å². The van der Waals surface area contributed by atoms with Gasteiger partial charge in [0.25, 0.3) is 0 Å². The Balaban J connectivity index is 1.90. The van der Waals surface area contributed by atoms with Gasteiger partial charge < -0.3 is 10.2 Å². The van der Waals surface area contributed by atoms with Crippen LogP contribution >= 0.6 is 0 Å². The maximum atomic E-state index is 4.48. The van der Waals surface area contributed by atoms with Gasteiger partial charge in [-0.05, 0) is 43.4 Å². The van der Waals surface area contributed by atoms with Crippen molar-refractivity contribution >= 4 is 5.96 Å². The molecule has 0 aliphatic rings. The van der Waals surface area contributed by atoms with E-state index in [1.165, 1.54) is 22.4 Å². The second-order valence-electron chi connectivity index (χ2n) is 6.52. The minimum atomic E-state index is 0.842. The average Bonchev–Trinajstić information content (AvgIpc) is 2.85. The minimum absolute atomic E-state index is 0.842. The van der Waals surface area contributed by atoms with Crippen molar-refractivity contribution in [1.82, 2.24) is 20.0 Å². The lowest BCUT2D eigenvalue weighted by molar-refractivity contribution is 0.477. The third-order valence-corrected chi connectivity index (χ3v) is 4.74. The first-order valence-electron chi connectivity index (χ1n) is 8.94. The summed E-state index contributed by atoms with van der Waals surface area (Å²) in [5, 5.41) is 7.94. The molecule has 136 valence electrons. The highest BCUT2D eigenvalue weighted by molar-refractivity contribution is 5.79. The van der Waals surface area contributed by atoms with Gasteiger partial charge in [-0.1, -0.05) is 31.2 Å². The molecule has 0 aliphatic carbocycles. The molecule has 0 amide bonds. The number of aliphatic imine (C=N–C) groups is 1. The van der Waals surface area contributed by atoms with Gasteiger partial charge in [0.2, 0.25) is 0 Å². The Morgan fingerprint density at radius 1 is 1.20 bits per heavy atom. The van der Waals surface area contributed by atoms with Gasteiger partial charge in [0.15, 0.2) is 5.96 Å². The highest BCUT2D eigenvalue weighted by atomic mass is 15.3. The van der Waals surface area contributed by atoms with Crippen LogP contribution < -0.4 is 5.32 Å². The van der Waals surface area contributed by atoms with Gasteiger partial charge in [0, 0.05) is 39.9 Å². The molecule has 1 aromatic heterocycles. The van der Waals surface area contributed by atoms with Gasteiger partial charge in [-0.3, -0.25) is 9.67 Å². The highest BCUT2D eigenvalue weighted by Crippen LogP contribution is 2.12. The first-order chi connectivity index (χ1) is 12.0. The molecule has 0 bridgehead atoms. The van der Waals surface area contributed by atoms with E-state index < -0.39 is 0 Å². The molecule has 5 heteroatoms. The van der Waals surface area contributed by atoms with E-state index in [0.717, 1.165) is 37.6 Å². The smallest absolute Gasteiger partial charge is 0.193 e. The van der Waals surface area contributed by atoms with Crippen LogP contribution in [0, 0.1) is 13.8 Å². The minimum Gasteiger partial charge on any atom is -0.356 e. The lowest BCUT2D eigenvalue weighted by atomic mass is 10.1. The molecule has 0 saturated heterocycles. The van der Waals surface area contributed by atoms with Gasteiger partial charge >= 0.3 is 0 Å². The third kappa shape index (κ3) is 4.84. The zero-order valence-corrected chi connectivity index (χ0v) is 16.4. The van der Waals surface area contributed by atoms with Gasteiger partial charge in [-0.15, -0.1) is 0 Å². The molecule has 0 atom stereocenters. The van der Waals surface area contributed by atoms with Crippen molar-refractivity contribution in [3.05, 3.63) is 52.3 Å². The monoisotopic (exact) mass is 341 g/mol. The quantitative estimate of drug-likeness (QED) is 0.649. The maximum absolute atomic E-state index is 4.48. The second-order valence-corrected chi connectivity index (χ2v) is 6.52. The number of nitrogens with one attached hydrogen (secondary N) is 1. The van der Waals surface area contributed by atoms with E-state index >= 15 is 0 Å². The van der Waals surface area contributed by atoms with Crippen molar-refractivity contribution in [3.8, 4) is 0 Å². The topological polar surface area (TPSA) is 45.4 Å². The fraction of sp³-hybridized carbons (Fsp3) is 0.500. The number of rotatable bonds is 6. The maximum Gasteiger partial charge on any atom is 0.193 e. The molecular weight excluding hydrogens is 310 g/mol. The normalized spacial score (nSPS) is 11.7. The molecule has 2 rings (SSSR count). The Morgan fingerprint density at radius 2 is 1.84 bits per heavy atom. The first-order valence-corrected chi connectivity index (χ1v) is 8.94. The molecule has 2 aromatic rings. The predicted octanol–water partition coefficient (Wildman–Crippen LogP) is 2.85. The van der Waals surface area contributed by atoms with E-state index in [0.29, 0.717) is 0 Å².